The van der Waals surface area contributed by atoms with E-state index in [-0.39, 0.29) is 6.61 Å². The molecule has 1 saturated heterocycles. The van der Waals surface area contributed by atoms with Crippen molar-refractivity contribution in [1.82, 2.24) is 0 Å². The number of rotatable bonds is 5. The van der Waals surface area contributed by atoms with E-state index in [9.17, 15) is 5.11 Å². The molecule has 1 rings (SSSR count). The fraction of sp³-hybridized carbons (Fsp3) is 1.00. The van der Waals surface area contributed by atoms with Crippen LogP contribution in [0.5, 0.6) is 0 Å². The van der Waals surface area contributed by atoms with Crippen LogP contribution in [0.25, 0.3) is 0 Å². The van der Waals surface area contributed by atoms with E-state index in [0.717, 1.165) is 0 Å². The van der Waals surface area contributed by atoms with Crippen LogP contribution in [0.2, 0.25) is 13.6 Å². The van der Waals surface area contributed by atoms with E-state index >= 15 is 0 Å². The Kier molecular flexibility index (Phi) is 4.01. The average Bonchev–Trinajstić information content (AvgIpc) is 2.38. The number of halogens is 1. The highest BCUT2D eigenvalue weighted by molar-refractivity contribution is 9.09. The van der Waals surface area contributed by atoms with E-state index < -0.39 is 37.7 Å². The summed E-state index contributed by atoms with van der Waals surface area (Å²) in [5.74, 6) is 0. The van der Waals surface area contributed by atoms with Crippen molar-refractivity contribution < 1.29 is 19.2 Å². The summed E-state index contributed by atoms with van der Waals surface area (Å²) in [5.41, 5.74) is -1.23. The Morgan fingerprint density at radius 3 is 2.80 bits per heavy atom. The normalized spacial score (nSPS) is 42.3. The van der Waals surface area contributed by atoms with E-state index in [1.54, 1.807) is 20.6 Å². The maximum absolute atomic E-state index is 10.2. The summed E-state index contributed by atoms with van der Waals surface area (Å²) < 4.78 is 30.7. The van der Waals surface area contributed by atoms with Crippen LogP contribution in [0, 0.1) is 0 Å². The largest absolute Gasteiger partial charge is 0.437 e. The third-order valence-corrected chi connectivity index (χ3v) is 3.52. The lowest BCUT2D eigenvalue weighted by molar-refractivity contribution is -0.0286. The van der Waals surface area contributed by atoms with Crippen LogP contribution in [-0.4, -0.2) is 52.1 Å². The molecule has 0 saturated carbocycles. The summed E-state index contributed by atoms with van der Waals surface area (Å²) >= 11 is 3.22. The molecule has 0 aromatic heterocycles. The minimum absolute atomic E-state index is 0.153. The summed E-state index contributed by atoms with van der Waals surface area (Å²) in [6, 6.07) is 0. The van der Waals surface area contributed by atoms with Crippen molar-refractivity contribution in [2.24, 2.45) is 0 Å². The zero-order valence-corrected chi connectivity index (χ0v) is 10.7. The fourth-order valence-electron chi connectivity index (χ4n) is 1.56. The summed E-state index contributed by atoms with van der Waals surface area (Å²) in [6.45, 7) is 4.91. The molecule has 0 aromatic carbocycles. The molecule has 4 atom stereocenters. The first-order valence-corrected chi connectivity index (χ1v) is 5.80. The second-order valence-electron chi connectivity index (χ2n) is 3.58. The Morgan fingerprint density at radius 1 is 1.60 bits per heavy atom. The number of hydrogen-bond acceptors (Lipinski definition) is 4. The molecule has 0 amide bonds. The van der Waals surface area contributed by atoms with Gasteiger partial charge >= 0.3 is 0 Å². The van der Waals surface area contributed by atoms with E-state index in [0.29, 0.717) is 0 Å². The number of aliphatic hydroxyl groups is 1. The van der Waals surface area contributed by atoms with Crippen LogP contribution in [-0.2, 0) is 14.0 Å². The molecule has 1 fully saturated rings. The maximum Gasteiger partial charge on any atom is 0.272 e. The Hall–Kier alpha value is 0.450. The van der Waals surface area contributed by atoms with Crippen LogP contribution in [0.1, 0.15) is 6.92 Å². The minimum atomic E-state index is -1.23. The first-order chi connectivity index (χ1) is 7.75. The highest BCUT2D eigenvalue weighted by Crippen LogP contribution is 2.36. The van der Waals surface area contributed by atoms with Gasteiger partial charge in [0.05, 0.1) is 6.61 Å². The maximum atomic E-state index is 10.2. The molecule has 1 unspecified atom stereocenters. The molecule has 0 bridgehead atoms. The first-order valence-electron chi connectivity index (χ1n) is 6.04. The highest BCUT2D eigenvalue weighted by Gasteiger charge is 2.51. The number of ether oxygens (including phenoxy) is 1. The molecule has 1 aliphatic heterocycles. The molecular weight excluding hydrogens is 262 g/mol. The van der Waals surface area contributed by atoms with Gasteiger partial charge < -0.3 is 19.2 Å². The number of alkyl halides is 1. The van der Waals surface area contributed by atoms with Crippen molar-refractivity contribution in [3.8, 4) is 0 Å². The molecule has 0 radical (unpaired) electrons. The molecule has 7 heteroatoms. The Labute approximate surface area is 103 Å². The SMILES string of the molecule is [2H]B(C)OC[C@H]1OC(Br)[C@](C)(O)[C@@H]1OB([2H])C. The van der Waals surface area contributed by atoms with Gasteiger partial charge in [0, 0.05) is 2.67 Å². The van der Waals surface area contributed by atoms with Gasteiger partial charge in [-0.25, -0.2) is 0 Å². The van der Waals surface area contributed by atoms with Gasteiger partial charge in [-0.1, -0.05) is 29.6 Å². The minimum Gasteiger partial charge on any atom is -0.437 e. The molecule has 1 heterocycles. The van der Waals surface area contributed by atoms with E-state index in [1.807, 2.05) is 0 Å². The predicted molar refractivity (Wildman–Crippen MR) is 65.1 cm³/mol. The predicted octanol–water partition coefficient (Wildman–Crippen LogP) is 0.0582. The zero-order chi connectivity index (χ0) is 13.2. The lowest BCUT2D eigenvalue weighted by atomic mass is 9.95. The average molecular weight is 281 g/mol. The molecule has 15 heavy (non-hydrogen) atoms. The standard InChI is InChI=1S/C8H17B2BrO4/c1-8(12)6(15-10-3)5(4-13-9-2)14-7(8)11/h5-7,9-10,12H,4H2,1-3H3/t5-,6-,7?,8-/m1/s1/i9D,10D. The van der Waals surface area contributed by atoms with Crippen LogP contribution in [0.4, 0.5) is 0 Å². The highest BCUT2D eigenvalue weighted by atomic mass is 79.9. The second-order valence-corrected chi connectivity index (χ2v) is 4.41. The van der Waals surface area contributed by atoms with Gasteiger partial charge in [0.25, 0.3) is 14.9 Å². The first kappa shape index (κ1) is 10.6. The van der Waals surface area contributed by atoms with Crippen molar-refractivity contribution in [2.75, 3.05) is 6.61 Å². The van der Waals surface area contributed by atoms with Crippen LogP contribution in [0.15, 0.2) is 0 Å². The Bertz CT molecular complexity index is 258. The summed E-state index contributed by atoms with van der Waals surface area (Å²) in [4.78, 5) is 0. The monoisotopic (exact) mass is 280 g/mol. The topological polar surface area (TPSA) is 47.9 Å². The zero-order valence-electron chi connectivity index (χ0n) is 11.1. The molecule has 1 N–H and O–H groups in total. The van der Waals surface area contributed by atoms with Gasteiger partial charge in [0.1, 0.15) is 22.8 Å². The third kappa shape index (κ3) is 2.97. The fourth-order valence-corrected chi connectivity index (χ4v) is 2.10. The molecule has 0 aromatic rings. The Balaban J connectivity index is 2.68. The second kappa shape index (κ2) is 5.68. The van der Waals surface area contributed by atoms with Crippen molar-refractivity contribution in [1.29, 1.82) is 2.67 Å². The van der Waals surface area contributed by atoms with E-state index in [2.05, 4.69) is 15.9 Å². The molecule has 0 spiro atoms. The van der Waals surface area contributed by atoms with E-state index in [1.165, 1.54) is 0 Å². The lowest BCUT2D eigenvalue weighted by Crippen LogP contribution is -2.46. The molecule has 1 aliphatic rings. The Morgan fingerprint density at radius 2 is 2.27 bits per heavy atom. The van der Waals surface area contributed by atoms with Gasteiger partial charge in [-0.3, -0.25) is 0 Å². The van der Waals surface area contributed by atoms with Crippen molar-refractivity contribution in [2.45, 2.75) is 43.4 Å². The van der Waals surface area contributed by atoms with Gasteiger partial charge in [-0.05, 0) is 6.92 Å². The van der Waals surface area contributed by atoms with Crippen molar-refractivity contribution in [3.05, 3.63) is 0 Å². The third-order valence-electron chi connectivity index (χ3n) is 2.38. The summed E-state index contributed by atoms with van der Waals surface area (Å²) in [6.07, 6.45) is -1.15. The lowest BCUT2D eigenvalue weighted by Gasteiger charge is -2.28. The summed E-state index contributed by atoms with van der Waals surface area (Å²) in [5, 5.41) is 9.65. The van der Waals surface area contributed by atoms with Crippen LogP contribution >= 0.6 is 15.9 Å². The molecule has 86 valence electrons. The molecule has 4 nitrogen and oxygen atoms in total. The quantitative estimate of drug-likeness (QED) is 0.571. The molecular formula is C8H17B2BrO4. The number of hydrogen-bond donors (Lipinski definition) is 1. The smallest absolute Gasteiger partial charge is 0.272 e. The van der Waals surface area contributed by atoms with Gasteiger partial charge in [0.15, 0.2) is 0 Å². The van der Waals surface area contributed by atoms with Gasteiger partial charge in [0.2, 0.25) is 0 Å². The van der Waals surface area contributed by atoms with Gasteiger partial charge in [-0.2, -0.15) is 0 Å². The van der Waals surface area contributed by atoms with E-state index in [4.69, 9.17) is 16.7 Å². The van der Waals surface area contributed by atoms with Crippen molar-refractivity contribution >= 4 is 30.8 Å². The van der Waals surface area contributed by atoms with Gasteiger partial charge in [-0.15, -0.1) is 0 Å². The van der Waals surface area contributed by atoms with Crippen molar-refractivity contribution in [3.63, 3.8) is 0 Å². The molecule has 0 aliphatic carbocycles. The van der Waals surface area contributed by atoms with Crippen LogP contribution in [0.3, 0.4) is 0 Å². The van der Waals surface area contributed by atoms with Crippen LogP contribution < -0.4 is 0 Å². The summed E-state index contributed by atoms with van der Waals surface area (Å²) in [7, 11) is -1.42.